The highest BCUT2D eigenvalue weighted by molar-refractivity contribution is 6.01. The minimum atomic E-state index is -0.277. The lowest BCUT2D eigenvalue weighted by atomic mass is 10.1. The van der Waals surface area contributed by atoms with Crippen molar-refractivity contribution >= 4 is 11.9 Å². The molecule has 20 heavy (non-hydrogen) atoms. The number of nitrogens with one attached hydrogen (secondary N) is 1. The predicted octanol–water partition coefficient (Wildman–Crippen LogP) is 1.56. The van der Waals surface area contributed by atoms with Crippen molar-refractivity contribution < 1.29 is 14.0 Å². The Morgan fingerprint density at radius 3 is 2.45 bits per heavy atom. The molecule has 6 nitrogen and oxygen atoms in total. The van der Waals surface area contributed by atoms with Crippen LogP contribution in [0.25, 0.3) is 0 Å². The molecular weight excluding hydrogens is 258 g/mol. The zero-order valence-electron chi connectivity index (χ0n) is 12.4. The molecule has 2 rings (SSSR count). The average molecular weight is 279 g/mol. The quantitative estimate of drug-likeness (QED) is 0.849. The van der Waals surface area contributed by atoms with Crippen molar-refractivity contribution in [2.45, 2.75) is 39.4 Å². The van der Waals surface area contributed by atoms with Gasteiger partial charge < -0.3 is 14.6 Å². The van der Waals surface area contributed by atoms with E-state index in [1.807, 2.05) is 6.07 Å². The fraction of sp³-hybridized carbons (Fsp3) is 0.571. The molecular formula is C14H21N3O3. The number of amides is 3. The number of hydrogen-bond donors (Lipinski definition) is 1. The van der Waals surface area contributed by atoms with Gasteiger partial charge in [0.15, 0.2) is 0 Å². The number of furan rings is 1. The van der Waals surface area contributed by atoms with Gasteiger partial charge in [0.25, 0.3) is 5.91 Å². The molecule has 1 fully saturated rings. The van der Waals surface area contributed by atoms with Crippen LogP contribution >= 0.6 is 0 Å². The molecule has 0 aliphatic carbocycles. The van der Waals surface area contributed by atoms with E-state index in [0.717, 1.165) is 5.76 Å². The summed E-state index contributed by atoms with van der Waals surface area (Å²) < 4.78 is 5.65. The van der Waals surface area contributed by atoms with E-state index in [2.05, 4.69) is 26.1 Å². The van der Waals surface area contributed by atoms with Crippen LogP contribution in [0.1, 0.15) is 32.3 Å². The van der Waals surface area contributed by atoms with E-state index < -0.39 is 0 Å². The summed E-state index contributed by atoms with van der Waals surface area (Å²) in [7, 11) is 1.61. The molecule has 110 valence electrons. The van der Waals surface area contributed by atoms with Gasteiger partial charge in [0.05, 0.1) is 13.1 Å². The van der Waals surface area contributed by atoms with Crippen molar-refractivity contribution in [1.82, 2.24) is 15.1 Å². The highest BCUT2D eigenvalue weighted by atomic mass is 16.3. The third-order valence-corrected chi connectivity index (χ3v) is 3.06. The summed E-state index contributed by atoms with van der Waals surface area (Å²) in [6.07, 6.45) is 0. The summed E-state index contributed by atoms with van der Waals surface area (Å²) in [5.74, 6) is 1.22. The van der Waals surface area contributed by atoms with Crippen LogP contribution in [0.2, 0.25) is 0 Å². The largest absolute Gasteiger partial charge is 0.463 e. The van der Waals surface area contributed by atoms with Crippen molar-refractivity contribution in [2.75, 3.05) is 13.6 Å². The maximum absolute atomic E-state index is 11.8. The van der Waals surface area contributed by atoms with Crippen molar-refractivity contribution in [3.8, 4) is 0 Å². The first-order valence-corrected chi connectivity index (χ1v) is 6.64. The molecule has 0 radical (unpaired) electrons. The number of carbonyl (C=O) groups excluding carboxylic acids is 2. The lowest BCUT2D eigenvalue weighted by molar-refractivity contribution is -0.125. The molecule has 3 amide bonds. The number of carbonyl (C=O) groups is 2. The Balaban J connectivity index is 1.96. The van der Waals surface area contributed by atoms with Crippen LogP contribution in [0.4, 0.5) is 4.79 Å². The highest BCUT2D eigenvalue weighted by Gasteiger charge is 2.34. The van der Waals surface area contributed by atoms with Crippen molar-refractivity contribution in [2.24, 2.45) is 0 Å². The third kappa shape index (κ3) is 3.39. The van der Waals surface area contributed by atoms with Crippen LogP contribution in [0.3, 0.4) is 0 Å². The average Bonchev–Trinajstić information content (AvgIpc) is 2.87. The Morgan fingerprint density at radius 1 is 1.25 bits per heavy atom. The maximum Gasteiger partial charge on any atom is 0.327 e. The summed E-state index contributed by atoms with van der Waals surface area (Å²) >= 11 is 0. The van der Waals surface area contributed by atoms with E-state index in [0.29, 0.717) is 12.3 Å². The number of rotatable bonds is 4. The normalized spacial score (nSPS) is 16.4. The fourth-order valence-electron chi connectivity index (χ4n) is 1.93. The lowest BCUT2D eigenvalue weighted by Crippen LogP contribution is -2.34. The second-order valence-electron chi connectivity index (χ2n) is 6.09. The lowest BCUT2D eigenvalue weighted by Gasteiger charge is -2.19. The molecule has 0 bridgehead atoms. The standard InChI is InChI=1S/C14H21N3O3/c1-14(2,3)15-7-10-5-6-11(20-10)8-17-12(18)9-16(4)13(17)19/h5-6,15H,7-9H2,1-4H3. The Morgan fingerprint density at radius 2 is 1.90 bits per heavy atom. The van der Waals surface area contributed by atoms with Gasteiger partial charge >= 0.3 is 6.03 Å². The van der Waals surface area contributed by atoms with Crippen LogP contribution in [0.15, 0.2) is 16.5 Å². The van der Waals surface area contributed by atoms with Gasteiger partial charge in [0.1, 0.15) is 18.1 Å². The highest BCUT2D eigenvalue weighted by Crippen LogP contribution is 2.16. The molecule has 0 aromatic carbocycles. The van der Waals surface area contributed by atoms with Gasteiger partial charge in [-0.3, -0.25) is 9.69 Å². The van der Waals surface area contributed by atoms with Crippen molar-refractivity contribution in [3.63, 3.8) is 0 Å². The zero-order valence-corrected chi connectivity index (χ0v) is 12.4. The summed E-state index contributed by atoms with van der Waals surface area (Å²) in [6, 6.07) is 3.39. The minimum Gasteiger partial charge on any atom is -0.463 e. The number of likely N-dealkylation sites (N-methyl/N-ethyl adjacent to an activating group) is 1. The second-order valence-corrected chi connectivity index (χ2v) is 6.09. The first-order chi connectivity index (χ1) is 9.26. The fourth-order valence-corrected chi connectivity index (χ4v) is 1.93. The molecule has 0 atom stereocenters. The Labute approximate surface area is 118 Å². The van der Waals surface area contributed by atoms with Gasteiger partial charge in [-0.05, 0) is 32.9 Å². The van der Waals surface area contributed by atoms with Crippen LogP contribution < -0.4 is 5.32 Å². The predicted molar refractivity (Wildman–Crippen MR) is 73.9 cm³/mol. The summed E-state index contributed by atoms with van der Waals surface area (Å²) in [6.45, 7) is 7.18. The van der Waals surface area contributed by atoms with E-state index in [-0.39, 0.29) is 30.6 Å². The van der Waals surface area contributed by atoms with Gasteiger partial charge in [-0.15, -0.1) is 0 Å². The molecule has 0 saturated carbocycles. The zero-order chi connectivity index (χ0) is 14.9. The molecule has 1 N–H and O–H groups in total. The van der Waals surface area contributed by atoms with Crippen LogP contribution in [-0.4, -0.2) is 40.9 Å². The third-order valence-electron chi connectivity index (χ3n) is 3.06. The van der Waals surface area contributed by atoms with Crippen molar-refractivity contribution in [1.29, 1.82) is 0 Å². The van der Waals surface area contributed by atoms with Gasteiger partial charge in [-0.25, -0.2) is 4.79 Å². The van der Waals surface area contributed by atoms with Crippen molar-refractivity contribution in [3.05, 3.63) is 23.7 Å². The molecule has 0 spiro atoms. The number of nitrogens with zero attached hydrogens (tertiary/aromatic N) is 2. The van der Waals surface area contributed by atoms with Gasteiger partial charge in [0.2, 0.25) is 0 Å². The van der Waals surface area contributed by atoms with Crippen LogP contribution in [0, 0.1) is 0 Å². The number of urea groups is 1. The molecule has 1 aliphatic heterocycles. The first-order valence-electron chi connectivity index (χ1n) is 6.64. The Hall–Kier alpha value is -1.82. The van der Waals surface area contributed by atoms with Gasteiger partial charge in [-0.1, -0.05) is 0 Å². The monoisotopic (exact) mass is 279 g/mol. The van der Waals surface area contributed by atoms with Gasteiger partial charge in [-0.2, -0.15) is 0 Å². The number of hydrogen-bond acceptors (Lipinski definition) is 4. The molecule has 6 heteroatoms. The molecule has 1 aliphatic rings. The summed E-state index contributed by atoms with van der Waals surface area (Å²) in [5, 5.41) is 3.32. The van der Waals surface area contributed by atoms with Gasteiger partial charge in [0, 0.05) is 12.6 Å². The summed E-state index contributed by atoms with van der Waals surface area (Å²) in [4.78, 5) is 26.0. The van der Waals surface area contributed by atoms with Crippen LogP contribution in [0.5, 0.6) is 0 Å². The van der Waals surface area contributed by atoms with E-state index in [1.165, 1.54) is 9.80 Å². The second kappa shape index (κ2) is 5.28. The van der Waals surface area contributed by atoms with E-state index in [4.69, 9.17) is 4.42 Å². The molecule has 0 unspecified atom stereocenters. The van der Waals surface area contributed by atoms with E-state index in [9.17, 15) is 9.59 Å². The van der Waals surface area contributed by atoms with E-state index >= 15 is 0 Å². The summed E-state index contributed by atoms with van der Waals surface area (Å²) in [5.41, 5.74) is 0.0105. The molecule has 1 aromatic heterocycles. The smallest absolute Gasteiger partial charge is 0.327 e. The Kier molecular flexibility index (Phi) is 3.85. The van der Waals surface area contributed by atoms with Crippen LogP contribution in [-0.2, 0) is 17.9 Å². The Bertz CT molecular complexity index is 516. The number of imide groups is 1. The maximum atomic E-state index is 11.8. The first kappa shape index (κ1) is 14.6. The SMILES string of the molecule is CN1CC(=O)N(Cc2ccc(CNC(C)(C)C)o2)C1=O. The topological polar surface area (TPSA) is 65.8 Å². The molecule has 2 heterocycles. The molecule has 1 saturated heterocycles. The minimum absolute atomic E-state index is 0.0105. The molecule has 1 aromatic rings. The van der Waals surface area contributed by atoms with E-state index in [1.54, 1.807) is 13.1 Å².